The molecule has 1 fully saturated rings. The SMILES string of the molecule is CC1CCC(COc2c(F)cc(F)cc2S(=O)(=O)Cl)O1. The number of rotatable bonds is 4. The Kier molecular flexibility index (Phi) is 4.51. The normalized spacial score (nSPS) is 23.0. The van der Waals surface area contributed by atoms with Gasteiger partial charge in [-0.15, -0.1) is 0 Å². The number of hydrogen-bond donors (Lipinski definition) is 0. The fourth-order valence-corrected chi connectivity index (χ4v) is 3.02. The summed E-state index contributed by atoms with van der Waals surface area (Å²) in [5, 5.41) is 0. The molecule has 112 valence electrons. The molecule has 0 spiro atoms. The number of hydrogen-bond acceptors (Lipinski definition) is 4. The van der Waals surface area contributed by atoms with E-state index in [2.05, 4.69) is 0 Å². The highest BCUT2D eigenvalue weighted by molar-refractivity contribution is 8.13. The molecule has 1 aliphatic rings. The molecule has 1 heterocycles. The van der Waals surface area contributed by atoms with Crippen LogP contribution >= 0.6 is 10.7 Å². The van der Waals surface area contributed by atoms with Crippen molar-refractivity contribution in [3.63, 3.8) is 0 Å². The maximum Gasteiger partial charge on any atom is 0.265 e. The van der Waals surface area contributed by atoms with Crippen LogP contribution in [0.2, 0.25) is 0 Å². The largest absolute Gasteiger partial charge is 0.486 e. The van der Waals surface area contributed by atoms with Gasteiger partial charge >= 0.3 is 0 Å². The molecule has 4 nitrogen and oxygen atoms in total. The molecule has 2 unspecified atom stereocenters. The number of halogens is 3. The maximum atomic E-state index is 13.7. The van der Waals surface area contributed by atoms with Gasteiger partial charge in [0.15, 0.2) is 11.6 Å². The molecular weight excluding hydrogens is 314 g/mol. The van der Waals surface area contributed by atoms with Crippen molar-refractivity contribution < 1.29 is 26.7 Å². The molecule has 1 saturated heterocycles. The molecule has 1 aromatic rings. The zero-order valence-electron chi connectivity index (χ0n) is 10.6. The Morgan fingerprint density at radius 2 is 2.10 bits per heavy atom. The summed E-state index contributed by atoms with van der Waals surface area (Å²) in [6.07, 6.45) is 1.41. The van der Waals surface area contributed by atoms with Crippen molar-refractivity contribution in [3.05, 3.63) is 23.8 Å². The van der Waals surface area contributed by atoms with Crippen LogP contribution in [-0.4, -0.2) is 27.2 Å². The van der Waals surface area contributed by atoms with E-state index in [1.54, 1.807) is 0 Å². The van der Waals surface area contributed by atoms with Gasteiger partial charge in [0.25, 0.3) is 9.05 Å². The van der Waals surface area contributed by atoms with Gasteiger partial charge in [-0.25, -0.2) is 17.2 Å². The van der Waals surface area contributed by atoms with Crippen LogP contribution in [0.5, 0.6) is 5.75 Å². The van der Waals surface area contributed by atoms with Crippen molar-refractivity contribution in [2.75, 3.05) is 6.61 Å². The van der Waals surface area contributed by atoms with E-state index >= 15 is 0 Å². The topological polar surface area (TPSA) is 52.6 Å². The smallest absolute Gasteiger partial charge is 0.265 e. The summed E-state index contributed by atoms with van der Waals surface area (Å²) in [5.41, 5.74) is 0. The molecule has 0 aromatic heterocycles. The minimum absolute atomic E-state index is 0.0215. The highest BCUT2D eigenvalue weighted by Crippen LogP contribution is 2.31. The van der Waals surface area contributed by atoms with Crippen LogP contribution in [0.25, 0.3) is 0 Å². The lowest BCUT2D eigenvalue weighted by atomic mass is 10.2. The van der Waals surface area contributed by atoms with E-state index in [1.807, 2.05) is 6.92 Å². The molecule has 8 heteroatoms. The summed E-state index contributed by atoms with van der Waals surface area (Å²) in [7, 11) is 0.845. The molecule has 0 amide bonds. The van der Waals surface area contributed by atoms with Crippen LogP contribution in [0, 0.1) is 11.6 Å². The standard InChI is InChI=1S/C12H13ClF2O4S/c1-7-2-3-9(19-7)6-18-12-10(15)4-8(14)5-11(12)20(13,16)17/h4-5,7,9H,2-3,6H2,1H3. The predicted octanol–water partition coefficient (Wildman–Crippen LogP) is 2.84. The van der Waals surface area contributed by atoms with Gasteiger partial charge in [0.1, 0.15) is 17.3 Å². The summed E-state index contributed by atoms with van der Waals surface area (Å²) in [6.45, 7) is 1.87. The zero-order valence-corrected chi connectivity index (χ0v) is 12.2. The second kappa shape index (κ2) is 5.83. The van der Waals surface area contributed by atoms with Crippen LogP contribution < -0.4 is 4.74 Å². The van der Waals surface area contributed by atoms with Crippen LogP contribution in [-0.2, 0) is 13.8 Å². The van der Waals surface area contributed by atoms with E-state index in [0.717, 1.165) is 12.8 Å². The Morgan fingerprint density at radius 1 is 1.40 bits per heavy atom. The van der Waals surface area contributed by atoms with Crippen molar-refractivity contribution in [1.29, 1.82) is 0 Å². The Morgan fingerprint density at radius 3 is 2.65 bits per heavy atom. The Labute approximate surface area is 120 Å². The van der Waals surface area contributed by atoms with Crippen LogP contribution in [0.1, 0.15) is 19.8 Å². The summed E-state index contributed by atoms with van der Waals surface area (Å²) in [6, 6.07) is 1.16. The number of benzene rings is 1. The Hall–Kier alpha value is -0.920. The van der Waals surface area contributed by atoms with Gasteiger partial charge in [-0.05, 0) is 25.8 Å². The van der Waals surface area contributed by atoms with E-state index < -0.39 is 31.3 Å². The summed E-state index contributed by atoms with van der Waals surface area (Å²) in [4.78, 5) is -0.720. The predicted molar refractivity (Wildman–Crippen MR) is 68.5 cm³/mol. The first-order chi connectivity index (χ1) is 9.27. The molecule has 0 bridgehead atoms. The molecule has 0 aliphatic carbocycles. The highest BCUT2D eigenvalue weighted by atomic mass is 35.7. The molecule has 0 saturated carbocycles. The fraction of sp³-hybridized carbons (Fsp3) is 0.500. The van der Waals surface area contributed by atoms with Crippen molar-refractivity contribution in [2.45, 2.75) is 36.9 Å². The van der Waals surface area contributed by atoms with Crippen molar-refractivity contribution in [1.82, 2.24) is 0 Å². The second-order valence-electron chi connectivity index (χ2n) is 4.61. The zero-order chi connectivity index (χ0) is 14.9. The molecule has 1 aliphatic heterocycles. The Balaban J connectivity index is 2.22. The van der Waals surface area contributed by atoms with Gasteiger partial charge in [0.2, 0.25) is 0 Å². The first-order valence-electron chi connectivity index (χ1n) is 5.99. The van der Waals surface area contributed by atoms with E-state index in [9.17, 15) is 17.2 Å². The highest BCUT2D eigenvalue weighted by Gasteiger charge is 2.26. The molecule has 2 rings (SSSR count). The van der Waals surface area contributed by atoms with Gasteiger partial charge in [-0.3, -0.25) is 0 Å². The summed E-state index contributed by atoms with van der Waals surface area (Å²) in [5.74, 6) is -2.74. The van der Waals surface area contributed by atoms with E-state index in [-0.39, 0.29) is 18.8 Å². The van der Waals surface area contributed by atoms with Crippen LogP contribution in [0.3, 0.4) is 0 Å². The lowest BCUT2D eigenvalue weighted by molar-refractivity contribution is 0.0248. The lowest BCUT2D eigenvalue weighted by Gasteiger charge is -2.15. The molecular formula is C12H13ClF2O4S. The third kappa shape index (κ3) is 3.59. The average Bonchev–Trinajstić information content (AvgIpc) is 2.72. The van der Waals surface area contributed by atoms with Crippen molar-refractivity contribution in [2.24, 2.45) is 0 Å². The van der Waals surface area contributed by atoms with Crippen LogP contribution in [0.4, 0.5) is 8.78 Å². The monoisotopic (exact) mass is 326 g/mol. The van der Waals surface area contributed by atoms with E-state index in [1.165, 1.54) is 0 Å². The van der Waals surface area contributed by atoms with Gasteiger partial charge in [0.05, 0.1) is 12.2 Å². The first-order valence-corrected chi connectivity index (χ1v) is 8.30. The molecule has 0 radical (unpaired) electrons. The van der Waals surface area contributed by atoms with E-state index in [4.69, 9.17) is 20.2 Å². The molecule has 0 N–H and O–H groups in total. The molecule has 2 atom stereocenters. The van der Waals surface area contributed by atoms with Crippen molar-refractivity contribution in [3.8, 4) is 5.75 Å². The fourth-order valence-electron chi connectivity index (χ4n) is 2.04. The third-order valence-corrected chi connectivity index (χ3v) is 4.30. The van der Waals surface area contributed by atoms with Crippen molar-refractivity contribution >= 4 is 19.7 Å². The average molecular weight is 327 g/mol. The summed E-state index contributed by atoms with van der Waals surface area (Å²) >= 11 is 0. The van der Waals surface area contributed by atoms with Gasteiger partial charge in [-0.2, -0.15) is 0 Å². The first kappa shape index (κ1) is 15.5. The van der Waals surface area contributed by atoms with Crippen LogP contribution in [0.15, 0.2) is 17.0 Å². The summed E-state index contributed by atoms with van der Waals surface area (Å²) < 4.78 is 60.0. The van der Waals surface area contributed by atoms with Gasteiger partial charge in [0, 0.05) is 16.7 Å². The molecule has 20 heavy (non-hydrogen) atoms. The van der Waals surface area contributed by atoms with E-state index in [0.29, 0.717) is 12.1 Å². The maximum absolute atomic E-state index is 13.7. The molecule has 1 aromatic carbocycles. The minimum atomic E-state index is -4.31. The third-order valence-electron chi connectivity index (χ3n) is 2.97. The Bertz CT molecular complexity index is 606. The second-order valence-corrected chi connectivity index (χ2v) is 7.14. The number of ether oxygens (including phenoxy) is 2. The lowest BCUT2D eigenvalue weighted by Crippen LogP contribution is -2.19. The van der Waals surface area contributed by atoms with Gasteiger partial charge in [-0.1, -0.05) is 0 Å². The van der Waals surface area contributed by atoms with Gasteiger partial charge < -0.3 is 9.47 Å². The minimum Gasteiger partial charge on any atom is -0.486 e. The quantitative estimate of drug-likeness (QED) is 0.798.